The van der Waals surface area contributed by atoms with Crippen molar-refractivity contribution < 1.29 is 9.59 Å². The van der Waals surface area contributed by atoms with Crippen molar-refractivity contribution in [2.24, 2.45) is 0 Å². The van der Waals surface area contributed by atoms with Crippen LogP contribution in [0, 0.1) is 0 Å². The molecule has 0 saturated carbocycles. The van der Waals surface area contributed by atoms with Gasteiger partial charge in [0, 0.05) is 29.2 Å². The number of hydrogen-bond donors (Lipinski definition) is 1. The molecule has 1 aromatic heterocycles. The smallest absolute Gasteiger partial charge is 0.282 e. The number of carbonyl (C=O) groups excluding carboxylic acids is 2. The van der Waals surface area contributed by atoms with Crippen molar-refractivity contribution in [3.05, 3.63) is 106 Å². The number of rotatable bonds is 4. The molecule has 1 aliphatic rings. The number of hydrogen-bond acceptors (Lipinski definition) is 2. The van der Waals surface area contributed by atoms with E-state index in [1.807, 2.05) is 60.8 Å². The molecule has 2 heterocycles. The summed E-state index contributed by atoms with van der Waals surface area (Å²) in [5, 5.41) is 3.21. The number of hydrazine groups is 1. The Labute approximate surface area is 194 Å². The molecule has 7 heteroatoms. The summed E-state index contributed by atoms with van der Waals surface area (Å²) in [6.45, 7) is 0.566. The summed E-state index contributed by atoms with van der Waals surface area (Å²) in [5.74, 6) is -0.817. The Morgan fingerprint density at radius 2 is 1.62 bits per heavy atom. The highest BCUT2D eigenvalue weighted by Gasteiger charge is 2.34. The highest BCUT2D eigenvalue weighted by molar-refractivity contribution is 6.42. The fourth-order valence-electron chi connectivity index (χ4n) is 3.83. The zero-order valence-corrected chi connectivity index (χ0v) is 18.3. The zero-order valence-electron chi connectivity index (χ0n) is 16.8. The van der Waals surface area contributed by atoms with E-state index in [1.165, 1.54) is 5.01 Å². The lowest BCUT2D eigenvalue weighted by molar-refractivity contribution is -0.117. The molecule has 0 unspecified atom stereocenters. The van der Waals surface area contributed by atoms with E-state index >= 15 is 0 Å². The lowest BCUT2D eigenvalue weighted by Gasteiger charge is -2.13. The number of halogens is 2. The molecule has 2 amide bonds. The van der Waals surface area contributed by atoms with E-state index in [4.69, 9.17) is 23.2 Å². The van der Waals surface area contributed by atoms with Crippen LogP contribution in [0.4, 0.5) is 5.69 Å². The highest BCUT2D eigenvalue weighted by Crippen LogP contribution is 2.28. The molecule has 1 saturated heterocycles. The fourth-order valence-corrected chi connectivity index (χ4v) is 4.15. The molecular weight excluding hydrogens is 445 g/mol. The number of fused-ring (bicyclic) bond motifs is 1. The molecule has 3 aromatic carbocycles. The molecule has 1 fully saturated rings. The first-order chi connectivity index (χ1) is 15.5. The number of benzene rings is 3. The molecule has 5 nitrogen and oxygen atoms in total. The fraction of sp³-hybridized carbons (Fsp3) is 0.0400. The maximum absolute atomic E-state index is 13.0. The average Bonchev–Trinajstić information content (AvgIpc) is 3.29. The first-order valence-electron chi connectivity index (χ1n) is 9.95. The lowest BCUT2D eigenvalue weighted by atomic mass is 10.1. The molecule has 4 aromatic rings. The minimum Gasteiger partial charge on any atom is -0.342 e. The third-order valence-corrected chi connectivity index (χ3v) is 6.10. The van der Waals surface area contributed by atoms with Crippen LogP contribution in [-0.4, -0.2) is 16.4 Å². The van der Waals surface area contributed by atoms with Gasteiger partial charge in [0.25, 0.3) is 11.8 Å². The normalized spacial score (nSPS) is 15.1. The lowest BCUT2D eigenvalue weighted by Crippen LogP contribution is -2.35. The molecule has 1 aliphatic heterocycles. The van der Waals surface area contributed by atoms with Gasteiger partial charge in [-0.15, -0.1) is 0 Å². The van der Waals surface area contributed by atoms with Crippen LogP contribution in [-0.2, 0) is 16.1 Å². The second-order valence-corrected chi connectivity index (χ2v) is 8.27. The number of nitrogens with one attached hydrogen (secondary N) is 1. The number of amides is 2. The SMILES string of the molecule is O=C1NN(c2ccccc2)C(=O)/C1=C\c1cn(Cc2ccc(Cl)c(Cl)c2)c2ccccc12. The minimum atomic E-state index is -0.430. The van der Waals surface area contributed by atoms with Crippen LogP contribution < -0.4 is 10.4 Å². The third kappa shape index (κ3) is 3.66. The molecule has 0 bridgehead atoms. The van der Waals surface area contributed by atoms with Gasteiger partial charge in [-0.05, 0) is 42.0 Å². The predicted molar refractivity (Wildman–Crippen MR) is 128 cm³/mol. The van der Waals surface area contributed by atoms with Gasteiger partial charge in [0.1, 0.15) is 5.57 Å². The summed E-state index contributed by atoms with van der Waals surface area (Å²) < 4.78 is 2.06. The molecule has 1 N–H and O–H groups in total. The second kappa shape index (κ2) is 8.19. The number of carbonyl (C=O) groups is 2. The first-order valence-corrected chi connectivity index (χ1v) is 10.7. The van der Waals surface area contributed by atoms with E-state index in [0.717, 1.165) is 22.0 Å². The quantitative estimate of drug-likeness (QED) is 0.324. The minimum absolute atomic E-state index is 0.0892. The van der Waals surface area contributed by atoms with Crippen molar-refractivity contribution in [1.82, 2.24) is 9.99 Å². The Bertz CT molecular complexity index is 1390. The first kappa shape index (κ1) is 20.4. The molecular formula is C25H17Cl2N3O2. The molecule has 0 aliphatic carbocycles. The molecule has 0 radical (unpaired) electrons. The van der Waals surface area contributed by atoms with Crippen molar-refractivity contribution in [1.29, 1.82) is 0 Å². The summed E-state index contributed by atoms with van der Waals surface area (Å²) in [6.07, 6.45) is 3.58. The molecule has 0 spiro atoms. The van der Waals surface area contributed by atoms with E-state index in [1.54, 1.807) is 24.3 Å². The summed E-state index contributed by atoms with van der Waals surface area (Å²) in [5.41, 5.74) is 6.09. The van der Waals surface area contributed by atoms with E-state index in [0.29, 0.717) is 22.3 Å². The summed E-state index contributed by atoms with van der Waals surface area (Å²) in [6, 6.07) is 22.4. The molecule has 5 rings (SSSR count). The maximum Gasteiger partial charge on any atom is 0.282 e. The number of nitrogens with zero attached hydrogens (tertiary/aromatic N) is 2. The van der Waals surface area contributed by atoms with Gasteiger partial charge < -0.3 is 4.57 Å². The van der Waals surface area contributed by atoms with E-state index < -0.39 is 5.91 Å². The summed E-state index contributed by atoms with van der Waals surface area (Å²) in [7, 11) is 0. The van der Waals surface area contributed by atoms with Gasteiger partial charge in [0.05, 0.1) is 15.7 Å². The van der Waals surface area contributed by atoms with Gasteiger partial charge in [-0.1, -0.05) is 65.7 Å². The monoisotopic (exact) mass is 461 g/mol. The van der Waals surface area contributed by atoms with Crippen LogP contribution in [0.3, 0.4) is 0 Å². The standard InChI is InChI=1S/C25H17Cl2N3O2/c26-21-11-10-16(12-22(21)27)14-29-15-17(19-8-4-5-9-23(19)29)13-20-24(31)28-30(25(20)32)18-6-2-1-3-7-18/h1-13,15H,14H2,(H,28,31)/b20-13-. The van der Waals surface area contributed by atoms with Gasteiger partial charge >= 0.3 is 0 Å². The summed E-state index contributed by atoms with van der Waals surface area (Å²) in [4.78, 5) is 25.6. The van der Waals surface area contributed by atoms with Crippen LogP contribution >= 0.6 is 23.2 Å². The largest absolute Gasteiger partial charge is 0.342 e. The average molecular weight is 462 g/mol. The Kier molecular flexibility index (Phi) is 5.21. The topological polar surface area (TPSA) is 54.3 Å². The van der Waals surface area contributed by atoms with Gasteiger partial charge in [0.2, 0.25) is 0 Å². The third-order valence-electron chi connectivity index (χ3n) is 5.36. The number of para-hydroxylation sites is 2. The second-order valence-electron chi connectivity index (χ2n) is 7.45. The maximum atomic E-state index is 13.0. The Balaban J connectivity index is 1.53. The molecule has 158 valence electrons. The van der Waals surface area contributed by atoms with Crippen LogP contribution in [0.1, 0.15) is 11.1 Å². The highest BCUT2D eigenvalue weighted by atomic mass is 35.5. The Hall–Kier alpha value is -3.54. The molecule has 32 heavy (non-hydrogen) atoms. The van der Waals surface area contributed by atoms with Crippen molar-refractivity contribution in [2.75, 3.05) is 5.01 Å². The Morgan fingerprint density at radius 1 is 0.875 bits per heavy atom. The summed E-state index contributed by atoms with van der Waals surface area (Å²) >= 11 is 12.2. The van der Waals surface area contributed by atoms with Crippen molar-refractivity contribution >= 4 is 57.7 Å². The number of aromatic nitrogens is 1. The van der Waals surface area contributed by atoms with E-state index in [9.17, 15) is 9.59 Å². The van der Waals surface area contributed by atoms with Crippen LogP contribution in [0.2, 0.25) is 10.0 Å². The van der Waals surface area contributed by atoms with Crippen LogP contribution in [0.5, 0.6) is 0 Å². The van der Waals surface area contributed by atoms with E-state index in [-0.39, 0.29) is 11.5 Å². The number of anilines is 1. The zero-order chi connectivity index (χ0) is 22.2. The molecule has 0 atom stereocenters. The van der Waals surface area contributed by atoms with Crippen molar-refractivity contribution in [3.63, 3.8) is 0 Å². The van der Waals surface area contributed by atoms with Crippen LogP contribution in [0.15, 0.2) is 84.6 Å². The van der Waals surface area contributed by atoms with Gasteiger partial charge in [-0.2, -0.15) is 0 Å². The Morgan fingerprint density at radius 3 is 2.41 bits per heavy atom. The van der Waals surface area contributed by atoms with Crippen molar-refractivity contribution in [3.8, 4) is 0 Å². The predicted octanol–water partition coefficient (Wildman–Crippen LogP) is 5.46. The van der Waals surface area contributed by atoms with Crippen LogP contribution in [0.25, 0.3) is 17.0 Å². The van der Waals surface area contributed by atoms with Gasteiger partial charge in [0.15, 0.2) is 0 Å². The van der Waals surface area contributed by atoms with Crippen molar-refractivity contribution in [2.45, 2.75) is 6.54 Å². The van der Waals surface area contributed by atoms with E-state index in [2.05, 4.69) is 9.99 Å². The van der Waals surface area contributed by atoms with Gasteiger partial charge in [-0.25, -0.2) is 5.01 Å². The van der Waals surface area contributed by atoms with Gasteiger partial charge in [-0.3, -0.25) is 15.0 Å².